The molecule has 0 saturated carbocycles. The van der Waals surface area contributed by atoms with Gasteiger partial charge in [-0.05, 0) is 40.8 Å². The van der Waals surface area contributed by atoms with Crippen LogP contribution in [-0.4, -0.2) is 36.1 Å². The third-order valence-corrected chi connectivity index (χ3v) is 9.49. The molecule has 0 aliphatic rings. The number of halogens is 3. The number of nitrogens with zero attached hydrogens (tertiary/aromatic N) is 1. The largest absolute Gasteiger partial charge is 0.476 e. The molecule has 0 aliphatic heterocycles. The Bertz CT molecular complexity index is 1910. The molecule has 4 aromatic carbocycles. The van der Waals surface area contributed by atoms with Crippen molar-refractivity contribution in [2.24, 2.45) is 0 Å². The predicted molar refractivity (Wildman–Crippen MR) is 196 cm³/mol. The Hall–Kier alpha value is -5.33. The number of carbonyl (C=O) groups excluding carboxylic acids is 2. The van der Waals surface area contributed by atoms with E-state index in [2.05, 4.69) is 10.3 Å². The SMILES string of the molecule is CC(NC(=O)OCc1ccccc1)c1ccc(-c2ccc([C@@H](OP(=O)(OCc3ccccc3)OCc3ccccc3)[C@@H](CF)NC(=O)C(F)F)cc2)cn1. The minimum Gasteiger partial charge on any atom is -0.445 e. The van der Waals surface area contributed by atoms with E-state index in [-0.39, 0.29) is 25.4 Å². The lowest BCUT2D eigenvalue weighted by molar-refractivity contribution is -0.133. The molecule has 1 aromatic heterocycles. The van der Waals surface area contributed by atoms with Gasteiger partial charge in [-0.2, -0.15) is 8.78 Å². The van der Waals surface area contributed by atoms with E-state index in [0.29, 0.717) is 27.9 Å². The maximum atomic E-state index is 14.6. The molecule has 282 valence electrons. The molecular weight excluding hydrogens is 722 g/mol. The standard InChI is InChI=1S/C40H39F3N3O7P/c1-28(45-40(48)50-25-29-11-5-2-6-12-29)35-22-21-34(24-44-35)32-17-19-33(20-18-32)37(36(23-41)46-39(47)38(42)43)53-54(49,51-26-30-13-7-3-8-14-30)52-27-31-15-9-4-10-16-31/h2-22,24,28,36-38H,23,25-27H2,1H3,(H,45,48)(H,46,47)/t28?,36-,37-/m1/s1. The zero-order valence-corrected chi connectivity index (χ0v) is 30.1. The highest BCUT2D eigenvalue weighted by molar-refractivity contribution is 7.48. The number of hydrogen-bond acceptors (Lipinski definition) is 8. The number of amides is 2. The number of hydrogen-bond donors (Lipinski definition) is 2. The molecule has 14 heteroatoms. The van der Waals surface area contributed by atoms with Crippen molar-refractivity contribution in [3.05, 3.63) is 162 Å². The minimum atomic E-state index is -4.58. The molecule has 1 heterocycles. The molecule has 0 bridgehead atoms. The van der Waals surface area contributed by atoms with Crippen molar-refractivity contribution >= 4 is 19.8 Å². The third kappa shape index (κ3) is 11.8. The highest BCUT2D eigenvalue weighted by Gasteiger charge is 2.38. The number of pyridine rings is 1. The van der Waals surface area contributed by atoms with Gasteiger partial charge in [-0.1, -0.05) is 121 Å². The maximum absolute atomic E-state index is 14.6. The van der Waals surface area contributed by atoms with Gasteiger partial charge in [0.1, 0.15) is 19.4 Å². The van der Waals surface area contributed by atoms with Crippen molar-refractivity contribution in [3.63, 3.8) is 0 Å². The van der Waals surface area contributed by atoms with Gasteiger partial charge in [0.25, 0.3) is 5.91 Å². The first-order valence-electron chi connectivity index (χ1n) is 17.0. The van der Waals surface area contributed by atoms with Crippen LogP contribution in [0.3, 0.4) is 0 Å². The molecule has 0 saturated heterocycles. The van der Waals surface area contributed by atoms with Crippen LogP contribution in [0.25, 0.3) is 11.1 Å². The topological polar surface area (TPSA) is 125 Å². The highest BCUT2D eigenvalue weighted by Crippen LogP contribution is 2.55. The van der Waals surface area contributed by atoms with Crippen molar-refractivity contribution in [2.75, 3.05) is 6.67 Å². The smallest absolute Gasteiger partial charge is 0.445 e. The number of carbonyl (C=O) groups is 2. The first kappa shape index (κ1) is 39.9. The minimum absolute atomic E-state index is 0.122. The maximum Gasteiger partial charge on any atom is 0.476 e. The number of alkyl carbamates (subject to hydrolysis) is 1. The molecule has 5 rings (SSSR count). The van der Waals surface area contributed by atoms with Crippen molar-refractivity contribution in [1.82, 2.24) is 15.6 Å². The fourth-order valence-electron chi connectivity index (χ4n) is 5.21. The van der Waals surface area contributed by atoms with E-state index in [9.17, 15) is 27.3 Å². The van der Waals surface area contributed by atoms with Gasteiger partial charge in [0.05, 0.1) is 31.0 Å². The van der Waals surface area contributed by atoms with Crippen LogP contribution in [0.1, 0.15) is 47.0 Å². The van der Waals surface area contributed by atoms with Gasteiger partial charge >= 0.3 is 20.3 Å². The first-order valence-corrected chi connectivity index (χ1v) is 18.4. The van der Waals surface area contributed by atoms with E-state index >= 15 is 0 Å². The lowest BCUT2D eigenvalue weighted by Gasteiger charge is -2.29. The Balaban J connectivity index is 1.34. The molecule has 0 aliphatic carbocycles. The quantitative estimate of drug-likeness (QED) is 0.0848. The van der Waals surface area contributed by atoms with Gasteiger partial charge in [0, 0.05) is 11.8 Å². The summed E-state index contributed by atoms with van der Waals surface area (Å²) in [6, 6.07) is 34.5. The second kappa shape index (κ2) is 19.7. The molecule has 10 nitrogen and oxygen atoms in total. The van der Waals surface area contributed by atoms with E-state index in [0.717, 1.165) is 5.56 Å². The zero-order chi connectivity index (χ0) is 38.3. The Kier molecular flexibility index (Phi) is 14.5. The molecule has 2 N–H and O–H groups in total. The summed E-state index contributed by atoms with van der Waals surface area (Å²) < 4.78 is 78.1. The Morgan fingerprint density at radius 2 is 1.22 bits per heavy atom. The molecule has 0 spiro atoms. The average Bonchev–Trinajstić information content (AvgIpc) is 3.21. The van der Waals surface area contributed by atoms with Crippen molar-refractivity contribution < 1.29 is 45.6 Å². The lowest BCUT2D eigenvalue weighted by Crippen LogP contribution is -2.44. The molecule has 1 unspecified atom stereocenters. The van der Waals surface area contributed by atoms with Crippen LogP contribution in [0.2, 0.25) is 0 Å². The molecule has 2 amide bonds. The summed E-state index contributed by atoms with van der Waals surface area (Å²) in [6.45, 7) is 0.111. The first-order chi connectivity index (χ1) is 26.1. The summed E-state index contributed by atoms with van der Waals surface area (Å²) in [5, 5.41) is 4.71. The van der Waals surface area contributed by atoms with Crippen LogP contribution in [-0.2, 0) is 47.5 Å². The van der Waals surface area contributed by atoms with Crippen LogP contribution in [0.4, 0.5) is 18.0 Å². The van der Waals surface area contributed by atoms with Crippen LogP contribution in [0, 0.1) is 0 Å². The van der Waals surface area contributed by atoms with Gasteiger partial charge in [-0.3, -0.25) is 23.3 Å². The summed E-state index contributed by atoms with van der Waals surface area (Å²) in [5.41, 5.74) is 4.22. The fourth-order valence-corrected chi connectivity index (χ4v) is 6.57. The number of alkyl halides is 3. The van der Waals surface area contributed by atoms with E-state index in [1.54, 1.807) is 98.0 Å². The average molecular weight is 762 g/mol. The van der Waals surface area contributed by atoms with E-state index in [1.807, 2.05) is 35.6 Å². The molecular formula is C40H39F3N3O7P. The number of nitrogens with one attached hydrogen (secondary N) is 2. The van der Waals surface area contributed by atoms with E-state index in [1.165, 1.54) is 12.1 Å². The van der Waals surface area contributed by atoms with Gasteiger partial charge in [0.15, 0.2) is 0 Å². The summed E-state index contributed by atoms with van der Waals surface area (Å²) in [5.74, 6) is -1.73. The lowest BCUT2D eigenvalue weighted by atomic mass is 9.99. The van der Waals surface area contributed by atoms with Crippen LogP contribution in [0.5, 0.6) is 0 Å². The summed E-state index contributed by atoms with van der Waals surface area (Å²) in [4.78, 5) is 28.9. The number of phosphoric ester groups is 1. The normalized spacial score (nSPS) is 13.1. The monoisotopic (exact) mass is 761 g/mol. The highest BCUT2D eigenvalue weighted by atomic mass is 31.2. The van der Waals surface area contributed by atoms with Crippen LogP contribution in [0.15, 0.2) is 134 Å². The van der Waals surface area contributed by atoms with Gasteiger partial charge < -0.3 is 15.4 Å². The molecule has 54 heavy (non-hydrogen) atoms. The second-order valence-corrected chi connectivity index (χ2v) is 13.7. The number of rotatable bonds is 18. The number of aromatic nitrogens is 1. The zero-order valence-electron chi connectivity index (χ0n) is 29.2. The van der Waals surface area contributed by atoms with Crippen molar-refractivity contribution in [2.45, 2.75) is 51.4 Å². The van der Waals surface area contributed by atoms with E-state index in [4.69, 9.17) is 18.3 Å². The Morgan fingerprint density at radius 3 is 1.70 bits per heavy atom. The van der Waals surface area contributed by atoms with Gasteiger partial charge in [-0.25, -0.2) is 13.8 Å². The van der Waals surface area contributed by atoms with Crippen LogP contribution >= 0.6 is 7.82 Å². The van der Waals surface area contributed by atoms with Gasteiger partial charge in [0.2, 0.25) is 0 Å². The predicted octanol–water partition coefficient (Wildman–Crippen LogP) is 9.05. The Labute approximate surface area is 311 Å². The third-order valence-electron chi connectivity index (χ3n) is 8.11. The van der Waals surface area contributed by atoms with Crippen LogP contribution < -0.4 is 10.6 Å². The molecule has 0 fully saturated rings. The molecule has 0 radical (unpaired) electrons. The number of phosphoric acid groups is 1. The molecule has 3 atom stereocenters. The summed E-state index contributed by atoms with van der Waals surface area (Å²) in [7, 11) is -4.58. The number of benzene rings is 4. The molecule has 5 aromatic rings. The second-order valence-electron chi connectivity index (χ2n) is 12.1. The van der Waals surface area contributed by atoms with Crippen molar-refractivity contribution in [1.29, 1.82) is 0 Å². The summed E-state index contributed by atoms with van der Waals surface area (Å²) >= 11 is 0. The van der Waals surface area contributed by atoms with Gasteiger partial charge in [-0.15, -0.1) is 0 Å². The number of ether oxygens (including phenoxy) is 1. The van der Waals surface area contributed by atoms with E-state index < -0.39 is 51.1 Å². The Morgan fingerprint density at radius 1 is 0.704 bits per heavy atom. The fraction of sp³-hybridized carbons (Fsp3) is 0.225. The van der Waals surface area contributed by atoms with Crippen molar-refractivity contribution in [3.8, 4) is 11.1 Å². The summed E-state index contributed by atoms with van der Waals surface area (Å²) in [6.07, 6.45) is -4.02.